The van der Waals surface area contributed by atoms with E-state index in [1.54, 1.807) is 0 Å². The molecule has 0 radical (unpaired) electrons. The fourth-order valence-electron chi connectivity index (χ4n) is 7.41. The van der Waals surface area contributed by atoms with E-state index in [-0.39, 0.29) is 22.2 Å². The van der Waals surface area contributed by atoms with E-state index in [0.717, 1.165) is 30.1 Å². The quantitative estimate of drug-likeness (QED) is 0.233. The molecular formula is C40H62N4. The van der Waals surface area contributed by atoms with Crippen molar-refractivity contribution in [2.75, 3.05) is 0 Å². The van der Waals surface area contributed by atoms with Crippen LogP contribution in [0, 0.1) is 13.8 Å². The van der Waals surface area contributed by atoms with Crippen molar-refractivity contribution in [2.45, 2.75) is 170 Å². The van der Waals surface area contributed by atoms with E-state index in [1.807, 2.05) is 6.20 Å². The van der Waals surface area contributed by atoms with E-state index in [4.69, 9.17) is 19.9 Å². The lowest BCUT2D eigenvalue weighted by molar-refractivity contribution is 0.470. The summed E-state index contributed by atoms with van der Waals surface area (Å²) < 4.78 is 0. The molecule has 0 fully saturated rings. The molecule has 3 aromatic rings. The summed E-state index contributed by atoms with van der Waals surface area (Å²) in [5.41, 5.74) is 12.3. The van der Waals surface area contributed by atoms with E-state index in [0.29, 0.717) is 17.8 Å². The second kappa shape index (κ2) is 13.0. The number of pyridine rings is 2. The number of hydrogen-bond donors (Lipinski definition) is 0. The zero-order valence-corrected chi connectivity index (χ0v) is 31.2. The predicted molar refractivity (Wildman–Crippen MR) is 188 cm³/mol. The van der Waals surface area contributed by atoms with E-state index in [9.17, 15) is 0 Å². The summed E-state index contributed by atoms with van der Waals surface area (Å²) in [7, 11) is 0. The summed E-state index contributed by atoms with van der Waals surface area (Å²) >= 11 is 0. The minimum absolute atomic E-state index is 0.0608. The Kier molecular flexibility index (Phi) is 10.6. The van der Waals surface area contributed by atoms with E-state index < -0.39 is 0 Å². The summed E-state index contributed by atoms with van der Waals surface area (Å²) in [5, 5.41) is 0. The highest BCUT2D eigenvalue weighted by atomic mass is 14.9. The predicted octanol–water partition coefficient (Wildman–Crippen LogP) is 10.7. The van der Waals surface area contributed by atoms with Crippen LogP contribution in [0.15, 0.2) is 18.3 Å². The van der Waals surface area contributed by atoms with Crippen molar-refractivity contribution in [2.24, 2.45) is 0 Å². The zero-order chi connectivity index (χ0) is 33.5. The molecule has 0 aromatic carbocycles. The van der Waals surface area contributed by atoms with Gasteiger partial charge in [-0.1, -0.05) is 104 Å². The van der Waals surface area contributed by atoms with E-state index in [2.05, 4.69) is 130 Å². The van der Waals surface area contributed by atoms with Gasteiger partial charge in [0.15, 0.2) is 0 Å². The number of aromatic nitrogens is 4. The van der Waals surface area contributed by atoms with Crippen LogP contribution in [-0.2, 0) is 29.1 Å². The number of hydrogen-bond acceptors (Lipinski definition) is 4. The third-order valence-corrected chi connectivity index (χ3v) is 9.06. The molecule has 242 valence electrons. The first-order valence-corrected chi connectivity index (χ1v) is 17.0. The zero-order valence-electron chi connectivity index (χ0n) is 31.2. The molecule has 0 atom stereocenters. The molecule has 4 heteroatoms. The van der Waals surface area contributed by atoms with Crippen LogP contribution in [0.25, 0.3) is 0 Å². The second-order valence-electron chi connectivity index (χ2n) is 16.8. The van der Waals surface area contributed by atoms with E-state index >= 15 is 0 Å². The molecule has 0 N–H and O–H groups in total. The van der Waals surface area contributed by atoms with Crippen molar-refractivity contribution >= 4 is 0 Å². The van der Waals surface area contributed by atoms with Gasteiger partial charge in [-0.2, -0.15) is 0 Å². The average molecular weight is 599 g/mol. The van der Waals surface area contributed by atoms with Gasteiger partial charge < -0.3 is 0 Å². The molecule has 44 heavy (non-hydrogen) atoms. The Bertz CT molecular complexity index is 1440. The lowest BCUT2D eigenvalue weighted by atomic mass is 9.74. The highest BCUT2D eigenvalue weighted by Gasteiger charge is 2.34. The maximum atomic E-state index is 5.36. The molecule has 3 heterocycles. The molecule has 4 nitrogen and oxygen atoms in total. The highest BCUT2D eigenvalue weighted by molar-refractivity contribution is 5.43. The first kappa shape index (κ1) is 35.9. The monoisotopic (exact) mass is 598 g/mol. The Morgan fingerprint density at radius 2 is 1.11 bits per heavy atom. The minimum Gasteiger partial charge on any atom is -0.261 e. The first-order valence-electron chi connectivity index (χ1n) is 17.0. The maximum absolute atomic E-state index is 5.36. The van der Waals surface area contributed by atoms with Crippen LogP contribution >= 0.6 is 0 Å². The number of rotatable bonds is 10. The molecular weight excluding hydrogens is 536 g/mol. The van der Waals surface area contributed by atoms with Gasteiger partial charge in [0.05, 0.1) is 5.69 Å². The van der Waals surface area contributed by atoms with Crippen molar-refractivity contribution in [3.8, 4) is 0 Å². The highest BCUT2D eigenvalue weighted by Crippen LogP contribution is 2.40. The van der Waals surface area contributed by atoms with Gasteiger partial charge in [-0.3, -0.25) is 9.97 Å². The molecule has 3 aromatic heterocycles. The van der Waals surface area contributed by atoms with Crippen LogP contribution < -0.4 is 0 Å². The topological polar surface area (TPSA) is 51.6 Å². The van der Waals surface area contributed by atoms with Crippen LogP contribution in [0.4, 0.5) is 0 Å². The van der Waals surface area contributed by atoms with E-state index in [1.165, 1.54) is 44.9 Å². The maximum Gasteiger partial charge on any atom is 0.129 e. The normalized spacial score (nSPS) is 13.2. The fraction of sp³-hybridized carbons (Fsp3) is 0.650. The molecule has 0 aliphatic heterocycles. The standard InChI is InChI=1S/C40H62N4/c1-23(2)30-18-19-41-35(24(3)4)34(30)40(16,17)22-31-42-28(10)33(37(44-31)26(7)8)39(14,15)21-29-20-27(9)32(38(11,12)13)36(43-29)25(5)6/h18-20,23-26H,21-22H2,1-17H3. The molecule has 0 saturated heterocycles. The van der Waals surface area contributed by atoms with Gasteiger partial charge in [-0.15, -0.1) is 0 Å². The minimum atomic E-state index is -0.173. The van der Waals surface area contributed by atoms with Crippen LogP contribution in [-0.4, -0.2) is 19.9 Å². The van der Waals surface area contributed by atoms with Gasteiger partial charge in [-0.25, -0.2) is 9.97 Å². The Morgan fingerprint density at radius 1 is 0.591 bits per heavy atom. The number of aryl methyl sites for hydroxylation is 2. The Hall–Kier alpha value is -2.62. The Balaban J connectivity index is 2.11. The lowest BCUT2D eigenvalue weighted by Crippen LogP contribution is -2.30. The van der Waals surface area contributed by atoms with Gasteiger partial charge in [0, 0.05) is 41.0 Å². The summed E-state index contributed by atoms with van der Waals surface area (Å²) in [4.78, 5) is 20.8. The molecule has 0 aliphatic carbocycles. The molecule has 0 aliphatic rings. The van der Waals surface area contributed by atoms with Gasteiger partial charge >= 0.3 is 0 Å². The van der Waals surface area contributed by atoms with Crippen LogP contribution in [0.3, 0.4) is 0 Å². The van der Waals surface area contributed by atoms with Gasteiger partial charge in [0.2, 0.25) is 0 Å². The SMILES string of the molecule is Cc1cc(CC(C)(C)c2c(C)nc(CC(C)(C)c3c(C(C)C)ccnc3C(C)C)nc2C(C)C)nc(C(C)C)c1C(C)(C)C. The van der Waals surface area contributed by atoms with Gasteiger partial charge in [-0.05, 0) is 94.6 Å². The van der Waals surface area contributed by atoms with Crippen LogP contribution in [0.1, 0.15) is 190 Å². The van der Waals surface area contributed by atoms with Crippen molar-refractivity contribution in [1.29, 1.82) is 0 Å². The molecule has 0 amide bonds. The Labute approximate surface area is 270 Å². The summed E-state index contributed by atoms with van der Waals surface area (Å²) in [5.74, 6) is 2.36. The average Bonchev–Trinajstić information content (AvgIpc) is 2.85. The molecule has 0 saturated carbocycles. The van der Waals surface area contributed by atoms with Crippen molar-refractivity contribution in [3.05, 3.63) is 80.4 Å². The number of nitrogens with zero attached hydrogens (tertiary/aromatic N) is 4. The van der Waals surface area contributed by atoms with Crippen LogP contribution in [0.2, 0.25) is 0 Å². The third-order valence-electron chi connectivity index (χ3n) is 9.06. The molecule has 0 unspecified atom stereocenters. The first-order chi connectivity index (χ1) is 20.1. The summed E-state index contributed by atoms with van der Waals surface area (Å²) in [6, 6.07) is 4.53. The van der Waals surface area contributed by atoms with Gasteiger partial charge in [0.25, 0.3) is 0 Å². The van der Waals surface area contributed by atoms with Crippen molar-refractivity contribution < 1.29 is 0 Å². The Morgan fingerprint density at radius 3 is 1.61 bits per heavy atom. The van der Waals surface area contributed by atoms with Crippen molar-refractivity contribution in [3.63, 3.8) is 0 Å². The smallest absolute Gasteiger partial charge is 0.129 e. The lowest BCUT2D eigenvalue weighted by Gasteiger charge is -2.33. The largest absolute Gasteiger partial charge is 0.261 e. The molecule has 3 rings (SSSR count). The second-order valence-corrected chi connectivity index (χ2v) is 16.8. The third kappa shape index (κ3) is 7.60. The van der Waals surface area contributed by atoms with Crippen LogP contribution in [0.5, 0.6) is 0 Å². The van der Waals surface area contributed by atoms with Gasteiger partial charge in [0.1, 0.15) is 5.82 Å². The summed E-state index contributed by atoms with van der Waals surface area (Å²) in [6.07, 6.45) is 3.60. The molecule has 0 bridgehead atoms. The fourth-order valence-corrected chi connectivity index (χ4v) is 7.41. The summed E-state index contributed by atoms with van der Waals surface area (Å²) in [6.45, 7) is 38.8. The molecule has 0 spiro atoms. The van der Waals surface area contributed by atoms with Crippen molar-refractivity contribution in [1.82, 2.24) is 19.9 Å².